The van der Waals surface area contributed by atoms with Gasteiger partial charge in [-0.05, 0) is 36.0 Å². The normalized spacial score (nSPS) is 23.0. The van der Waals surface area contributed by atoms with Crippen LogP contribution in [0.15, 0.2) is 18.2 Å². The van der Waals surface area contributed by atoms with Crippen molar-refractivity contribution in [2.45, 2.75) is 45.6 Å². The van der Waals surface area contributed by atoms with Gasteiger partial charge in [0.25, 0.3) is 5.91 Å². The van der Waals surface area contributed by atoms with Crippen molar-refractivity contribution >= 4 is 11.9 Å². The fourth-order valence-corrected chi connectivity index (χ4v) is 3.22. The average Bonchev–Trinajstić information content (AvgIpc) is 2.57. The summed E-state index contributed by atoms with van der Waals surface area (Å²) in [6.07, 6.45) is 3.14. The Balaban J connectivity index is 1.77. The van der Waals surface area contributed by atoms with Crippen molar-refractivity contribution in [3.05, 3.63) is 29.6 Å². The molecule has 0 saturated heterocycles. The SMILES string of the molecule is COc1ccc(CC(=O)OCC(=O)N[C@@H]2CCC[C@H](C)[C@H]2C)cc1F. The molecule has 1 N–H and O–H groups in total. The molecule has 1 fully saturated rings. The van der Waals surface area contributed by atoms with E-state index in [1.165, 1.54) is 25.7 Å². The third kappa shape index (κ3) is 5.44. The van der Waals surface area contributed by atoms with Gasteiger partial charge >= 0.3 is 5.97 Å². The zero-order valence-corrected chi connectivity index (χ0v) is 15.0. The van der Waals surface area contributed by atoms with Crippen LogP contribution < -0.4 is 10.1 Å². The number of methoxy groups -OCH3 is 1. The number of ether oxygens (including phenoxy) is 2. The molecule has 1 aromatic carbocycles. The lowest BCUT2D eigenvalue weighted by molar-refractivity contribution is -0.148. The number of benzene rings is 1. The Morgan fingerprint density at radius 2 is 2.04 bits per heavy atom. The van der Waals surface area contributed by atoms with Gasteiger partial charge in [-0.25, -0.2) is 4.39 Å². The molecule has 0 heterocycles. The van der Waals surface area contributed by atoms with E-state index in [1.807, 2.05) is 0 Å². The number of hydrogen-bond donors (Lipinski definition) is 1. The van der Waals surface area contributed by atoms with Crippen LogP contribution in [0.3, 0.4) is 0 Å². The molecule has 6 heteroatoms. The Hall–Kier alpha value is -2.11. The van der Waals surface area contributed by atoms with Crippen molar-refractivity contribution < 1.29 is 23.5 Å². The lowest BCUT2D eigenvalue weighted by Crippen LogP contribution is -2.45. The zero-order valence-electron chi connectivity index (χ0n) is 15.0. The fraction of sp³-hybridized carbons (Fsp3) is 0.579. The minimum atomic E-state index is -0.565. The molecule has 138 valence electrons. The van der Waals surface area contributed by atoms with Crippen molar-refractivity contribution in [2.24, 2.45) is 11.8 Å². The molecule has 2 rings (SSSR count). The second kappa shape index (κ2) is 8.83. The van der Waals surface area contributed by atoms with E-state index < -0.39 is 11.8 Å². The first kappa shape index (κ1) is 19.2. The second-order valence-corrected chi connectivity index (χ2v) is 6.75. The molecule has 25 heavy (non-hydrogen) atoms. The molecular formula is C19H26FNO4. The lowest BCUT2D eigenvalue weighted by atomic mass is 9.78. The molecule has 5 nitrogen and oxygen atoms in total. The second-order valence-electron chi connectivity index (χ2n) is 6.75. The van der Waals surface area contributed by atoms with Gasteiger partial charge in [0.1, 0.15) is 0 Å². The number of esters is 1. The third-order valence-electron chi connectivity index (χ3n) is 4.98. The molecule has 1 amide bonds. The molecular weight excluding hydrogens is 325 g/mol. The largest absolute Gasteiger partial charge is 0.494 e. The first-order valence-electron chi connectivity index (χ1n) is 8.68. The van der Waals surface area contributed by atoms with E-state index in [0.29, 0.717) is 17.4 Å². The van der Waals surface area contributed by atoms with Crippen LogP contribution in [0, 0.1) is 17.7 Å². The van der Waals surface area contributed by atoms with Gasteiger partial charge in [0.05, 0.1) is 13.5 Å². The predicted molar refractivity (Wildman–Crippen MR) is 91.7 cm³/mol. The third-order valence-corrected chi connectivity index (χ3v) is 4.98. The van der Waals surface area contributed by atoms with Gasteiger partial charge < -0.3 is 14.8 Å². The summed E-state index contributed by atoms with van der Waals surface area (Å²) < 4.78 is 23.4. The molecule has 1 aliphatic rings. The zero-order chi connectivity index (χ0) is 18.4. The summed E-state index contributed by atoms with van der Waals surface area (Å²) in [6, 6.07) is 4.40. The van der Waals surface area contributed by atoms with Crippen LogP contribution in [0.5, 0.6) is 5.75 Å². The average molecular weight is 351 g/mol. The maximum atomic E-state index is 13.6. The Morgan fingerprint density at radius 3 is 2.72 bits per heavy atom. The number of nitrogens with one attached hydrogen (secondary N) is 1. The highest BCUT2D eigenvalue weighted by Gasteiger charge is 2.28. The number of halogens is 1. The van der Waals surface area contributed by atoms with Gasteiger partial charge in [-0.15, -0.1) is 0 Å². The van der Waals surface area contributed by atoms with Crippen molar-refractivity contribution in [3.8, 4) is 5.75 Å². The number of carbonyl (C=O) groups excluding carboxylic acids is 2. The fourth-order valence-electron chi connectivity index (χ4n) is 3.22. The first-order chi connectivity index (χ1) is 11.9. The summed E-state index contributed by atoms with van der Waals surface area (Å²) in [5.41, 5.74) is 0.471. The number of rotatable bonds is 6. The van der Waals surface area contributed by atoms with Gasteiger partial charge in [0, 0.05) is 6.04 Å². The first-order valence-corrected chi connectivity index (χ1v) is 8.68. The molecule has 0 spiro atoms. The van der Waals surface area contributed by atoms with Crippen LogP contribution in [0.4, 0.5) is 4.39 Å². The highest BCUT2D eigenvalue weighted by molar-refractivity contribution is 5.81. The molecule has 1 aliphatic carbocycles. The number of carbonyl (C=O) groups is 2. The Morgan fingerprint density at radius 1 is 1.28 bits per heavy atom. The molecule has 0 aromatic heterocycles. The Labute approximate surface area is 147 Å². The Bertz CT molecular complexity index is 619. The molecule has 0 aliphatic heterocycles. The summed E-state index contributed by atoms with van der Waals surface area (Å²) in [5, 5.41) is 2.95. The van der Waals surface area contributed by atoms with Gasteiger partial charge in [0.15, 0.2) is 18.2 Å². The van der Waals surface area contributed by atoms with Gasteiger partial charge in [0.2, 0.25) is 0 Å². The van der Waals surface area contributed by atoms with Crippen LogP contribution >= 0.6 is 0 Å². The van der Waals surface area contributed by atoms with E-state index in [2.05, 4.69) is 19.2 Å². The summed E-state index contributed by atoms with van der Waals surface area (Å²) in [7, 11) is 1.37. The minimum Gasteiger partial charge on any atom is -0.494 e. The Kier molecular flexibility index (Phi) is 6.79. The minimum absolute atomic E-state index is 0.0922. The van der Waals surface area contributed by atoms with Crippen LogP contribution in [0.1, 0.15) is 38.7 Å². The highest BCUT2D eigenvalue weighted by atomic mass is 19.1. The van der Waals surface area contributed by atoms with Crippen LogP contribution in [-0.4, -0.2) is 31.6 Å². The topological polar surface area (TPSA) is 64.6 Å². The maximum absolute atomic E-state index is 13.6. The van der Waals surface area contributed by atoms with Gasteiger partial charge in [-0.3, -0.25) is 9.59 Å². The van der Waals surface area contributed by atoms with Crippen LogP contribution in [-0.2, 0) is 20.7 Å². The van der Waals surface area contributed by atoms with E-state index in [9.17, 15) is 14.0 Å². The molecule has 1 aromatic rings. The van der Waals surface area contributed by atoms with E-state index in [0.717, 1.165) is 12.8 Å². The van der Waals surface area contributed by atoms with E-state index in [-0.39, 0.29) is 30.7 Å². The predicted octanol–water partition coefficient (Wildman–Crippen LogP) is 2.86. The molecule has 3 atom stereocenters. The van der Waals surface area contributed by atoms with E-state index >= 15 is 0 Å². The van der Waals surface area contributed by atoms with Crippen LogP contribution in [0.25, 0.3) is 0 Å². The summed E-state index contributed by atoms with van der Waals surface area (Å²) in [5.74, 6) is -0.287. The maximum Gasteiger partial charge on any atom is 0.310 e. The van der Waals surface area contributed by atoms with E-state index in [1.54, 1.807) is 6.07 Å². The molecule has 0 unspecified atom stereocenters. The van der Waals surface area contributed by atoms with Crippen LogP contribution in [0.2, 0.25) is 0 Å². The lowest BCUT2D eigenvalue weighted by Gasteiger charge is -2.34. The summed E-state index contributed by atoms with van der Waals surface area (Å²) >= 11 is 0. The smallest absolute Gasteiger partial charge is 0.310 e. The standard InChI is InChI=1S/C19H26FNO4/c1-12-5-4-6-16(13(12)2)21-18(22)11-25-19(23)10-14-7-8-17(24-3)15(20)9-14/h7-9,12-13,16H,4-6,10-11H2,1-3H3,(H,21,22)/t12-,13+,16+/m0/s1. The number of amides is 1. The summed E-state index contributed by atoms with van der Waals surface area (Å²) in [4.78, 5) is 23.8. The van der Waals surface area contributed by atoms with Crippen molar-refractivity contribution in [3.63, 3.8) is 0 Å². The van der Waals surface area contributed by atoms with Gasteiger partial charge in [-0.1, -0.05) is 32.8 Å². The quantitative estimate of drug-likeness (QED) is 0.801. The number of hydrogen-bond acceptors (Lipinski definition) is 4. The monoisotopic (exact) mass is 351 g/mol. The highest BCUT2D eigenvalue weighted by Crippen LogP contribution is 2.29. The van der Waals surface area contributed by atoms with Crippen molar-refractivity contribution in [1.82, 2.24) is 5.32 Å². The molecule has 0 bridgehead atoms. The van der Waals surface area contributed by atoms with Gasteiger partial charge in [-0.2, -0.15) is 0 Å². The van der Waals surface area contributed by atoms with E-state index in [4.69, 9.17) is 9.47 Å². The molecule has 1 saturated carbocycles. The van der Waals surface area contributed by atoms with Crippen molar-refractivity contribution in [1.29, 1.82) is 0 Å². The van der Waals surface area contributed by atoms with Crippen molar-refractivity contribution in [2.75, 3.05) is 13.7 Å². The molecule has 0 radical (unpaired) electrons. The summed E-state index contributed by atoms with van der Waals surface area (Å²) in [6.45, 7) is 4.02.